The number of anilines is 1. The van der Waals surface area contributed by atoms with Crippen LogP contribution in [0.2, 0.25) is 0 Å². The summed E-state index contributed by atoms with van der Waals surface area (Å²) in [6.45, 7) is 0.499. The van der Waals surface area contributed by atoms with Gasteiger partial charge in [-0.05, 0) is 46.3 Å². The summed E-state index contributed by atoms with van der Waals surface area (Å²) >= 11 is 10.2. The lowest BCUT2D eigenvalue weighted by Crippen LogP contribution is -2.08. The number of nitrogens with one attached hydrogen (secondary N) is 1. The van der Waals surface area contributed by atoms with Crippen LogP contribution in [0.15, 0.2) is 46.9 Å². The zero-order chi connectivity index (χ0) is 15.7. The topological polar surface area (TPSA) is 60.1 Å². The van der Waals surface area contributed by atoms with Gasteiger partial charge in [0.05, 0.1) is 21.8 Å². The Bertz CT molecular complexity index is 920. The molecule has 0 saturated heterocycles. The van der Waals surface area contributed by atoms with E-state index in [2.05, 4.69) is 21.2 Å². The lowest BCUT2D eigenvalue weighted by molar-refractivity contribution is -0.384. The largest absolute Gasteiger partial charge is 0.366 e. The molecule has 112 valence electrons. The van der Waals surface area contributed by atoms with Crippen LogP contribution in [0.25, 0.3) is 10.2 Å². The van der Waals surface area contributed by atoms with E-state index < -0.39 is 4.92 Å². The van der Waals surface area contributed by atoms with Gasteiger partial charge in [-0.1, -0.05) is 12.1 Å². The maximum absolute atomic E-state index is 10.8. The van der Waals surface area contributed by atoms with Crippen molar-refractivity contribution in [1.82, 2.24) is 4.57 Å². The van der Waals surface area contributed by atoms with E-state index in [-0.39, 0.29) is 5.69 Å². The van der Waals surface area contributed by atoms with Gasteiger partial charge < -0.3 is 9.88 Å². The number of thiazole rings is 1. The molecule has 0 saturated carbocycles. The van der Waals surface area contributed by atoms with Crippen molar-refractivity contribution < 1.29 is 4.92 Å². The van der Waals surface area contributed by atoms with Gasteiger partial charge in [-0.2, -0.15) is 0 Å². The molecule has 0 aliphatic rings. The molecule has 0 atom stereocenters. The molecule has 22 heavy (non-hydrogen) atoms. The number of non-ortho nitro benzene ring substituents is 1. The molecule has 0 fully saturated rings. The molecular formula is C14H10BrN3O2S2. The molecule has 0 spiro atoms. The summed E-state index contributed by atoms with van der Waals surface area (Å²) in [6, 6.07) is 12.6. The van der Waals surface area contributed by atoms with Gasteiger partial charge in [0.15, 0.2) is 3.95 Å². The fourth-order valence-corrected chi connectivity index (χ4v) is 3.87. The summed E-state index contributed by atoms with van der Waals surface area (Å²) in [6.07, 6.45) is 0. The molecule has 3 rings (SSSR count). The molecule has 0 aliphatic heterocycles. The minimum atomic E-state index is -0.397. The summed E-state index contributed by atoms with van der Waals surface area (Å²) in [5.41, 5.74) is 1.93. The van der Waals surface area contributed by atoms with Gasteiger partial charge in [-0.25, -0.2) is 0 Å². The van der Waals surface area contributed by atoms with Crippen molar-refractivity contribution in [1.29, 1.82) is 0 Å². The number of halogens is 1. The van der Waals surface area contributed by atoms with Crippen LogP contribution >= 0.6 is 39.5 Å². The number of nitro benzene ring substituents is 1. The number of aromatic nitrogens is 1. The predicted octanol–water partition coefficient (Wildman–Crippen LogP) is 5.17. The van der Waals surface area contributed by atoms with Crippen molar-refractivity contribution in [3.05, 3.63) is 61.0 Å². The van der Waals surface area contributed by atoms with E-state index in [1.54, 1.807) is 12.1 Å². The van der Waals surface area contributed by atoms with Crippen LogP contribution in [0.5, 0.6) is 0 Å². The van der Waals surface area contributed by atoms with Crippen LogP contribution in [-0.2, 0) is 6.67 Å². The highest BCUT2D eigenvalue weighted by atomic mass is 79.9. The lowest BCUT2D eigenvalue weighted by Gasteiger charge is -2.10. The van der Waals surface area contributed by atoms with E-state index in [1.807, 2.05) is 28.8 Å². The van der Waals surface area contributed by atoms with Crippen LogP contribution < -0.4 is 5.32 Å². The SMILES string of the molecule is O=[N+]([O-])c1ccc2c(c1)sc(=S)n2CNc1ccccc1Br. The monoisotopic (exact) mass is 395 g/mol. The van der Waals surface area contributed by atoms with Crippen molar-refractivity contribution in [2.75, 3.05) is 5.32 Å². The van der Waals surface area contributed by atoms with Crippen LogP contribution in [-0.4, -0.2) is 9.49 Å². The van der Waals surface area contributed by atoms with Gasteiger partial charge in [-0.3, -0.25) is 10.1 Å². The molecule has 0 bridgehead atoms. The molecule has 0 radical (unpaired) electrons. The second kappa shape index (κ2) is 6.15. The average Bonchev–Trinajstić information content (AvgIpc) is 2.81. The van der Waals surface area contributed by atoms with Crippen LogP contribution in [0, 0.1) is 14.1 Å². The van der Waals surface area contributed by atoms with Crippen molar-refractivity contribution in [2.45, 2.75) is 6.67 Å². The van der Waals surface area contributed by atoms with E-state index >= 15 is 0 Å². The summed E-state index contributed by atoms with van der Waals surface area (Å²) < 4.78 is 4.39. The molecule has 1 heterocycles. The van der Waals surface area contributed by atoms with Gasteiger partial charge in [-0.15, -0.1) is 11.3 Å². The molecule has 2 aromatic carbocycles. The van der Waals surface area contributed by atoms with Crippen molar-refractivity contribution in [3.63, 3.8) is 0 Å². The average molecular weight is 396 g/mol. The van der Waals surface area contributed by atoms with Gasteiger partial charge >= 0.3 is 0 Å². The van der Waals surface area contributed by atoms with Crippen molar-refractivity contribution in [2.24, 2.45) is 0 Å². The Kier molecular flexibility index (Phi) is 4.23. The number of hydrogen-bond donors (Lipinski definition) is 1. The van der Waals surface area contributed by atoms with Gasteiger partial charge in [0.25, 0.3) is 5.69 Å². The van der Waals surface area contributed by atoms with E-state index in [0.29, 0.717) is 10.6 Å². The van der Waals surface area contributed by atoms with Gasteiger partial charge in [0.1, 0.15) is 0 Å². The first kappa shape index (κ1) is 15.1. The normalized spacial score (nSPS) is 10.8. The number of rotatable bonds is 4. The lowest BCUT2D eigenvalue weighted by atomic mass is 10.3. The number of nitrogens with zero attached hydrogens (tertiary/aromatic N) is 2. The number of benzene rings is 2. The van der Waals surface area contributed by atoms with E-state index in [4.69, 9.17) is 12.2 Å². The third kappa shape index (κ3) is 2.90. The molecule has 5 nitrogen and oxygen atoms in total. The Morgan fingerprint density at radius 2 is 2.09 bits per heavy atom. The van der Waals surface area contributed by atoms with E-state index in [9.17, 15) is 10.1 Å². The maximum atomic E-state index is 10.8. The maximum Gasteiger partial charge on any atom is 0.270 e. The Labute approximate surface area is 143 Å². The van der Waals surface area contributed by atoms with Crippen LogP contribution in [0.3, 0.4) is 0 Å². The quantitative estimate of drug-likeness (QED) is 0.375. The smallest absolute Gasteiger partial charge is 0.270 e. The number of hydrogen-bond acceptors (Lipinski definition) is 5. The summed E-state index contributed by atoms with van der Waals surface area (Å²) in [5, 5.41) is 14.2. The molecule has 1 aromatic heterocycles. The Morgan fingerprint density at radius 1 is 1.32 bits per heavy atom. The van der Waals surface area contributed by atoms with Gasteiger partial charge in [0.2, 0.25) is 0 Å². The summed E-state index contributed by atoms with van der Waals surface area (Å²) in [5.74, 6) is 0. The Hall–Kier alpha value is -1.77. The third-order valence-electron chi connectivity index (χ3n) is 3.16. The first-order valence-electron chi connectivity index (χ1n) is 6.32. The minimum Gasteiger partial charge on any atom is -0.366 e. The standard InChI is InChI=1S/C14H10BrN3O2S2/c15-10-3-1-2-4-11(10)16-8-17-12-6-5-9(18(19)20)7-13(12)22-14(17)21/h1-7,16H,8H2. The molecule has 1 N–H and O–H groups in total. The van der Waals surface area contributed by atoms with Gasteiger partial charge in [0, 0.05) is 22.3 Å². The number of fused-ring (bicyclic) bond motifs is 1. The number of nitro groups is 1. The van der Waals surface area contributed by atoms with Crippen molar-refractivity contribution >= 4 is 61.1 Å². The summed E-state index contributed by atoms with van der Waals surface area (Å²) in [7, 11) is 0. The molecule has 8 heteroatoms. The van der Waals surface area contributed by atoms with E-state index in [1.165, 1.54) is 17.4 Å². The molecule has 3 aromatic rings. The first-order valence-corrected chi connectivity index (χ1v) is 8.34. The first-order chi connectivity index (χ1) is 10.6. The summed E-state index contributed by atoms with van der Waals surface area (Å²) in [4.78, 5) is 10.4. The zero-order valence-corrected chi connectivity index (χ0v) is 14.4. The fourth-order valence-electron chi connectivity index (χ4n) is 2.09. The predicted molar refractivity (Wildman–Crippen MR) is 95.1 cm³/mol. The fraction of sp³-hybridized carbons (Fsp3) is 0.0714. The molecule has 0 unspecified atom stereocenters. The molecular weight excluding hydrogens is 386 g/mol. The highest BCUT2D eigenvalue weighted by Gasteiger charge is 2.11. The van der Waals surface area contributed by atoms with Crippen LogP contribution in [0.1, 0.15) is 0 Å². The third-order valence-corrected chi connectivity index (χ3v) is 5.27. The zero-order valence-electron chi connectivity index (χ0n) is 11.2. The molecule has 0 aliphatic carbocycles. The second-order valence-electron chi connectivity index (χ2n) is 4.52. The minimum absolute atomic E-state index is 0.0784. The number of para-hydroxylation sites is 1. The van der Waals surface area contributed by atoms with Crippen LogP contribution in [0.4, 0.5) is 11.4 Å². The Balaban J connectivity index is 1.94. The second-order valence-corrected chi connectivity index (χ2v) is 7.05. The van der Waals surface area contributed by atoms with Crippen molar-refractivity contribution in [3.8, 4) is 0 Å². The Morgan fingerprint density at radius 3 is 2.82 bits per heavy atom. The van der Waals surface area contributed by atoms with E-state index in [0.717, 1.165) is 20.4 Å². The highest BCUT2D eigenvalue weighted by Crippen LogP contribution is 2.28. The molecule has 0 amide bonds. The highest BCUT2D eigenvalue weighted by molar-refractivity contribution is 9.10.